The van der Waals surface area contributed by atoms with Gasteiger partial charge in [0.2, 0.25) is 5.91 Å². The number of thiophene rings is 1. The lowest BCUT2D eigenvalue weighted by molar-refractivity contribution is -0.121. The predicted octanol–water partition coefficient (Wildman–Crippen LogP) is 2.05. The molecule has 1 atom stereocenters. The Morgan fingerprint density at radius 1 is 1.69 bits per heavy atom. The summed E-state index contributed by atoms with van der Waals surface area (Å²) < 4.78 is 5.02. The molecule has 3 nitrogen and oxygen atoms in total. The van der Waals surface area contributed by atoms with E-state index in [0.29, 0.717) is 18.9 Å². The first-order valence-electron chi connectivity index (χ1n) is 5.13. The summed E-state index contributed by atoms with van der Waals surface area (Å²) in [6, 6.07) is 3.91. The first-order valence-corrected chi connectivity index (χ1v) is 6.54. The van der Waals surface area contributed by atoms with Gasteiger partial charge in [-0.3, -0.25) is 4.79 Å². The van der Waals surface area contributed by atoms with Gasteiger partial charge in [-0.2, -0.15) is 0 Å². The second-order valence-electron chi connectivity index (χ2n) is 3.45. The Kier molecular flexibility index (Phi) is 6.45. The Hall–Kier alpha value is -0.580. The Labute approximate surface area is 105 Å². The second-order valence-corrected chi connectivity index (χ2v) is 4.86. The molecule has 1 N–H and O–H groups in total. The lowest BCUT2D eigenvalue weighted by Gasteiger charge is -2.16. The fourth-order valence-electron chi connectivity index (χ4n) is 1.38. The zero-order chi connectivity index (χ0) is 11.8. The molecule has 0 aromatic carbocycles. The topological polar surface area (TPSA) is 38.3 Å². The summed E-state index contributed by atoms with van der Waals surface area (Å²) in [5, 5.41) is 4.88. The second kappa shape index (κ2) is 7.65. The minimum atomic E-state index is 0.00922. The average molecular weight is 262 g/mol. The number of methoxy groups -OCH3 is 1. The first-order chi connectivity index (χ1) is 7.76. The molecule has 0 aliphatic rings. The van der Waals surface area contributed by atoms with Gasteiger partial charge < -0.3 is 10.1 Å². The molecule has 1 heterocycles. The van der Waals surface area contributed by atoms with Crippen LogP contribution in [-0.4, -0.2) is 31.5 Å². The third-order valence-corrected chi connectivity index (χ3v) is 3.20. The lowest BCUT2D eigenvalue weighted by atomic mass is 10.2. The highest BCUT2D eigenvalue weighted by molar-refractivity contribution is 7.10. The van der Waals surface area contributed by atoms with Crippen LogP contribution in [0.3, 0.4) is 0 Å². The van der Waals surface area contributed by atoms with Gasteiger partial charge in [0.15, 0.2) is 0 Å². The summed E-state index contributed by atoms with van der Waals surface area (Å²) in [5.74, 6) is 0.544. The van der Waals surface area contributed by atoms with E-state index in [9.17, 15) is 4.79 Å². The highest BCUT2D eigenvalue weighted by atomic mass is 35.5. The molecule has 1 unspecified atom stereocenters. The number of nitrogens with one attached hydrogen (secondary N) is 1. The molecule has 1 aromatic rings. The number of carbonyl (C=O) groups is 1. The van der Waals surface area contributed by atoms with Crippen LogP contribution in [0.4, 0.5) is 0 Å². The molecular weight excluding hydrogens is 246 g/mol. The molecule has 5 heteroatoms. The van der Waals surface area contributed by atoms with Crippen LogP contribution in [0, 0.1) is 0 Å². The van der Waals surface area contributed by atoms with Gasteiger partial charge in [0.05, 0.1) is 19.1 Å². The standard InChI is InChI=1S/C11H16ClNO2S/c1-15-8-9(4-5-12)13-11(14)7-10-3-2-6-16-10/h2-3,6,9H,4-5,7-8H2,1H3,(H,13,14). The molecule has 0 saturated heterocycles. The molecule has 0 saturated carbocycles. The van der Waals surface area contributed by atoms with Crippen LogP contribution in [0.2, 0.25) is 0 Å². The fourth-order valence-corrected chi connectivity index (χ4v) is 2.35. The van der Waals surface area contributed by atoms with Crippen LogP contribution in [0.15, 0.2) is 17.5 Å². The van der Waals surface area contributed by atoms with Gasteiger partial charge in [-0.05, 0) is 17.9 Å². The van der Waals surface area contributed by atoms with E-state index < -0.39 is 0 Å². The number of carbonyl (C=O) groups excluding carboxylic acids is 1. The smallest absolute Gasteiger partial charge is 0.225 e. The van der Waals surface area contributed by atoms with Gasteiger partial charge in [-0.1, -0.05) is 6.07 Å². The zero-order valence-corrected chi connectivity index (χ0v) is 10.8. The van der Waals surface area contributed by atoms with Crippen LogP contribution >= 0.6 is 22.9 Å². The van der Waals surface area contributed by atoms with E-state index in [4.69, 9.17) is 16.3 Å². The summed E-state index contributed by atoms with van der Waals surface area (Å²) in [6.45, 7) is 0.503. The number of rotatable bonds is 7. The molecule has 0 bridgehead atoms. The van der Waals surface area contributed by atoms with Crippen LogP contribution < -0.4 is 5.32 Å². The van der Waals surface area contributed by atoms with E-state index in [2.05, 4.69) is 5.32 Å². The third-order valence-electron chi connectivity index (χ3n) is 2.11. The highest BCUT2D eigenvalue weighted by Crippen LogP contribution is 2.09. The summed E-state index contributed by atoms with van der Waals surface area (Å²) in [5.41, 5.74) is 0. The molecule has 1 aromatic heterocycles. The van der Waals surface area contributed by atoms with Gasteiger partial charge in [0.1, 0.15) is 0 Å². The van der Waals surface area contributed by atoms with E-state index in [0.717, 1.165) is 11.3 Å². The van der Waals surface area contributed by atoms with E-state index in [-0.39, 0.29) is 11.9 Å². The summed E-state index contributed by atoms with van der Waals surface area (Å²) in [6.07, 6.45) is 1.16. The Morgan fingerprint density at radius 3 is 3.06 bits per heavy atom. The fraction of sp³-hybridized carbons (Fsp3) is 0.545. The SMILES string of the molecule is COCC(CCCl)NC(=O)Cc1cccs1. The number of ether oxygens (including phenoxy) is 1. The molecule has 16 heavy (non-hydrogen) atoms. The van der Waals surface area contributed by atoms with Crippen molar-refractivity contribution < 1.29 is 9.53 Å². The van der Waals surface area contributed by atoms with Crippen molar-refractivity contribution in [3.8, 4) is 0 Å². The molecule has 90 valence electrons. The van der Waals surface area contributed by atoms with Gasteiger partial charge in [-0.25, -0.2) is 0 Å². The zero-order valence-electron chi connectivity index (χ0n) is 9.24. The van der Waals surface area contributed by atoms with Crippen LogP contribution in [-0.2, 0) is 16.0 Å². The van der Waals surface area contributed by atoms with Crippen LogP contribution in [0.25, 0.3) is 0 Å². The van der Waals surface area contributed by atoms with Crippen molar-refractivity contribution in [2.75, 3.05) is 19.6 Å². The maximum absolute atomic E-state index is 11.7. The lowest BCUT2D eigenvalue weighted by Crippen LogP contribution is -2.39. The monoisotopic (exact) mass is 261 g/mol. The Balaban J connectivity index is 2.35. The molecule has 0 radical (unpaired) electrons. The van der Waals surface area contributed by atoms with Gasteiger partial charge in [0.25, 0.3) is 0 Å². The van der Waals surface area contributed by atoms with Crippen molar-refractivity contribution in [3.63, 3.8) is 0 Å². The molecular formula is C11H16ClNO2S. The highest BCUT2D eigenvalue weighted by Gasteiger charge is 2.12. The van der Waals surface area contributed by atoms with Crippen molar-refractivity contribution in [1.29, 1.82) is 0 Å². The molecule has 0 spiro atoms. The molecule has 1 amide bonds. The molecule has 0 aliphatic heterocycles. The number of hydrogen-bond acceptors (Lipinski definition) is 3. The number of alkyl halides is 1. The number of amides is 1. The van der Waals surface area contributed by atoms with Crippen molar-refractivity contribution in [3.05, 3.63) is 22.4 Å². The van der Waals surface area contributed by atoms with Crippen molar-refractivity contribution in [2.24, 2.45) is 0 Å². The Morgan fingerprint density at radius 2 is 2.50 bits per heavy atom. The van der Waals surface area contributed by atoms with E-state index in [1.807, 2.05) is 17.5 Å². The van der Waals surface area contributed by atoms with Crippen LogP contribution in [0.5, 0.6) is 0 Å². The molecule has 1 rings (SSSR count). The van der Waals surface area contributed by atoms with Gasteiger partial charge in [0, 0.05) is 17.9 Å². The van der Waals surface area contributed by atoms with E-state index in [1.165, 1.54) is 0 Å². The third kappa shape index (κ3) is 4.96. The van der Waals surface area contributed by atoms with E-state index >= 15 is 0 Å². The van der Waals surface area contributed by atoms with Crippen molar-refractivity contribution >= 4 is 28.8 Å². The quantitative estimate of drug-likeness (QED) is 0.763. The van der Waals surface area contributed by atoms with Crippen LogP contribution in [0.1, 0.15) is 11.3 Å². The summed E-state index contributed by atoms with van der Waals surface area (Å²) in [7, 11) is 1.62. The predicted molar refractivity (Wildman–Crippen MR) is 67.2 cm³/mol. The van der Waals surface area contributed by atoms with E-state index in [1.54, 1.807) is 18.4 Å². The normalized spacial score (nSPS) is 12.4. The molecule has 0 aliphatic carbocycles. The van der Waals surface area contributed by atoms with Gasteiger partial charge in [-0.15, -0.1) is 22.9 Å². The summed E-state index contributed by atoms with van der Waals surface area (Å²) >= 11 is 7.24. The largest absolute Gasteiger partial charge is 0.383 e. The minimum absolute atomic E-state index is 0.00922. The summed E-state index contributed by atoms with van der Waals surface area (Å²) in [4.78, 5) is 12.7. The van der Waals surface area contributed by atoms with Crippen molar-refractivity contribution in [2.45, 2.75) is 18.9 Å². The molecule has 0 fully saturated rings. The minimum Gasteiger partial charge on any atom is -0.383 e. The maximum Gasteiger partial charge on any atom is 0.225 e. The first kappa shape index (κ1) is 13.5. The Bertz CT molecular complexity index is 297. The van der Waals surface area contributed by atoms with Crippen molar-refractivity contribution in [1.82, 2.24) is 5.32 Å². The number of halogens is 1. The maximum atomic E-state index is 11.7. The average Bonchev–Trinajstić information content (AvgIpc) is 2.71. The number of hydrogen-bond donors (Lipinski definition) is 1. The van der Waals surface area contributed by atoms with Gasteiger partial charge >= 0.3 is 0 Å².